The lowest BCUT2D eigenvalue weighted by atomic mass is 10.1. The van der Waals surface area contributed by atoms with Crippen LogP contribution in [0.4, 0.5) is 4.39 Å². The van der Waals surface area contributed by atoms with Crippen molar-refractivity contribution in [3.8, 4) is 0 Å². The minimum Gasteiger partial charge on any atom is -0.352 e. The van der Waals surface area contributed by atoms with Crippen LogP contribution in [0.15, 0.2) is 29.2 Å². The highest BCUT2D eigenvalue weighted by atomic mass is 32.2. The summed E-state index contributed by atoms with van der Waals surface area (Å²) >= 11 is 1.45. The molecule has 0 saturated carbocycles. The Bertz CT molecular complexity index is 430. The van der Waals surface area contributed by atoms with Gasteiger partial charge in [0.2, 0.25) is 5.91 Å². The van der Waals surface area contributed by atoms with E-state index in [0.29, 0.717) is 11.8 Å². The molecule has 5 heteroatoms. The zero-order valence-corrected chi connectivity index (χ0v) is 12.6. The first-order valence-electron chi connectivity index (χ1n) is 7.18. The molecule has 20 heavy (non-hydrogen) atoms. The Kier molecular flexibility index (Phi) is 5.86. The summed E-state index contributed by atoms with van der Waals surface area (Å²) in [5.41, 5.74) is 0. The second-order valence-corrected chi connectivity index (χ2v) is 6.24. The molecule has 1 aliphatic rings. The molecule has 1 fully saturated rings. The number of nitrogens with one attached hydrogen (secondary N) is 2. The van der Waals surface area contributed by atoms with Crippen LogP contribution in [-0.2, 0) is 4.79 Å². The van der Waals surface area contributed by atoms with Crippen LogP contribution < -0.4 is 10.2 Å². The number of quaternary nitrogens is 1. The monoisotopic (exact) mass is 297 g/mol. The standard InChI is InChI=1S/C15H21FN2OS/c1-2-18-9-7-13(8-10-18)17-15(19)11-20-14-5-3-12(16)4-6-14/h3-6,13H,2,7-11H2,1H3,(H,17,19)/p+1. The van der Waals surface area contributed by atoms with Gasteiger partial charge in [-0.3, -0.25) is 4.79 Å². The topological polar surface area (TPSA) is 33.5 Å². The van der Waals surface area contributed by atoms with E-state index in [0.717, 1.165) is 30.8 Å². The summed E-state index contributed by atoms with van der Waals surface area (Å²) in [5, 5.41) is 3.10. The van der Waals surface area contributed by atoms with E-state index >= 15 is 0 Å². The van der Waals surface area contributed by atoms with E-state index < -0.39 is 0 Å². The van der Waals surface area contributed by atoms with E-state index in [-0.39, 0.29) is 11.7 Å². The fourth-order valence-electron chi connectivity index (χ4n) is 2.47. The van der Waals surface area contributed by atoms with Gasteiger partial charge < -0.3 is 10.2 Å². The van der Waals surface area contributed by atoms with E-state index in [1.807, 2.05) is 0 Å². The minimum atomic E-state index is -0.246. The number of rotatable bonds is 5. The molecule has 1 aromatic rings. The highest BCUT2D eigenvalue weighted by Gasteiger charge is 2.21. The molecule has 0 spiro atoms. The van der Waals surface area contributed by atoms with Crippen LogP contribution in [0.25, 0.3) is 0 Å². The number of piperidine rings is 1. The molecule has 0 atom stereocenters. The molecule has 1 amide bonds. The van der Waals surface area contributed by atoms with Crippen LogP contribution in [-0.4, -0.2) is 37.3 Å². The Labute approximate surface area is 123 Å². The SMILES string of the molecule is CC[NH+]1CCC(NC(=O)CSc2ccc(F)cc2)CC1. The molecule has 0 unspecified atom stereocenters. The molecule has 110 valence electrons. The maximum Gasteiger partial charge on any atom is 0.230 e. The van der Waals surface area contributed by atoms with Gasteiger partial charge in [-0.05, 0) is 31.2 Å². The molecule has 1 heterocycles. The number of amides is 1. The Morgan fingerprint density at radius 2 is 2.00 bits per heavy atom. The third-order valence-electron chi connectivity index (χ3n) is 3.74. The van der Waals surface area contributed by atoms with Gasteiger partial charge in [-0.15, -0.1) is 11.8 Å². The Hall–Kier alpha value is -1.07. The van der Waals surface area contributed by atoms with Crippen molar-refractivity contribution >= 4 is 17.7 Å². The highest BCUT2D eigenvalue weighted by Crippen LogP contribution is 2.17. The highest BCUT2D eigenvalue weighted by molar-refractivity contribution is 8.00. The number of likely N-dealkylation sites (tertiary alicyclic amines) is 1. The van der Waals surface area contributed by atoms with E-state index in [1.165, 1.54) is 30.4 Å². The van der Waals surface area contributed by atoms with Gasteiger partial charge in [0.25, 0.3) is 0 Å². The van der Waals surface area contributed by atoms with Crippen molar-refractivity contribution in [2.24, 2.45) is 0 Å². The summed E-state index contributed by atoms with van der Waals surface area (Å²) in [6.07, 6.45) is 2.13. The van der Waals surface area contributed by atoms with Gasteiger partial charge in [0.1, 0.15) is 5.82 Å². The second-order valence-electron chi connectivity index (χ2n) is 5.19. The predicted octanol–water partition coefficient (Wildman–Crippen LogP) is 1.10. The molecule has 0 bridgehead atoms. The van der Waals surface area contributed by atoms with Crippen molar-refractivity contribution in [2.45, 2.75) is 30.7 Å². The fourth-order valence-corrected chi connectivity index (χ4v) is 3.18. The van der Waals surface area contributed by atoms with E-state index in [2.05, 4.69) is 12.2 Å². The predicted molar refractivity (Wildman–Crippen MR) is 79.5 cm³/mol. The second kappa shape index (κ2) is 7.64. The van der Waals surface area contributed by atoms with Crippen molar-refractivity contribution in [3.05, 3.63) is 30.1 Å². The average Bonchev–Trinajstić information content (AvgIpc) is 2.47. The summed E-state index contributed by atoms with van der Waals surface area (Å²) in [6, 6.07) is 6.58. The van der Waals surface area contributed by atoms with Crippen LogP contribution in [0.5, 0.6) is 0 Å². The van der Waals surface area contributed by atoms with E-state index in [1.54, 1.807) is 17.0 Å². The van der Waals surface area contributed by atoms with Crippen molar-refractivity contribution in [3.63, 3.8) is 0 Å². The summed E-state index contributed by atoms with van der Waals surface area (Å²) in [5.74, 6) is 0.222. The fraction of sp³-hybridized carbons (Fsp3) is 0.533. The van der Waals surface area contributed by atoms with Gasteiger partial charge in [-0.2, -0.15) is 0 Å². The van der Waals surface area contributed by atoms with Crippen molar-refractivity contribution in [1.82, 2.24) is 5.32 Å². The molecule has 0 aromatic heterocycles. The number of benzene rings is 1. The summed E-state index contributed by atoms with van der Waals surface area (Å²) in [4.78, 5) is 14.4. The first kappa shape index (κ1) is 15.3. The number of thioether (sulfide) groups is 1. The largest absolute Gasteiger partial charge is 0.352 e. The van der Waals surface area contributed by atoms with Gasteiger partial charge in [-0.1, -0.05) is 0 Å². The van der Waals surface area contributed by atoms with Crippen LogP contribution in [0.2, 0.25) is 0 Å². The third-order valence-corrected chi connectivity index (χ3v) is 4.75. The maximum atomic E-state index is 12.8. The zero-order valence-electron chi connectivity index (χ0n) is 11.8. The van der Waals surface area contributed by atoms with E-state index in [4.69, 9.17) is 0 Å². The van der Waals surface area contributed by atoms with Crippen molar-refractivity contribution < 1.29 is 14.1 Å². The number of hydrogen-bond acceptors (Lipinski definition) is 2. The quantitative estimate of drug-likeness (QED) is 0.798. The maximum absolute atomic E-state index is 12.8. The first-order valence-corrected chi connectivity index (χ1v) is 8.17. The molecular formula is C15H22FN2OS+. The van der Waals surface area contributed by atoms with Crippen molar-refractivity contribution in [2.75, 3.05) is 25.4 Å². The third kappa shape index (κ3) is 4.80. The lowest BCUT2D eigenvalue weighted by Gasteiger charge is -2.28. The number of carbonyl (C=O) groups excluding carboxylic acids is 1. The molecule has 2 N–H and O–H groups in total. The molecule has 0 radical (unpaired) electrons. The van der Waals surface area contributed by atoms with Gasteiger partial charge in [0, 0.05) is 23.8 Å². The summed E-state index contributed by atoms with van der Waals surface area (Å²) < 4.78 is 12.8. The molecule has 1 aliphatic heterocycles. The minimum absolute atomic E-state index is 0.0734. The lowest BCUT2D eigenvalue weighted by Crippen LogP contribution is -3.13. The Morgan fingerprint density at radius 1 is 1.35 bits per heavy atom. The van der Waals surface area contributed by atoms with Gasteiger partial charge in [0.15, 0.2) is 0 Å². The van der Waals surface area contributed by atoms with Gasteiger partial charge in [-0.25, -0.2) is 4.39 Å². The molecule has 0 aliphatic carbocycles. The van der Waals surface area contributed by atoms with Crippen LogP contribution in [0.1, 0.15) is 19.8 Å². The first-order chi connectivity index (χ1) is 9.67. The normalized spacial score (nSPS) is 22.5. The molecule has 1 aromatic carbocycles. The van der Waals surface area contributed by atoms with Crippen molar-refractivity contribution in [1.29, 1.82) is 0 Å². The molecule has 3 nitrogen and oxygen atoms in total. The molecule has 1 saturated heterocycles. The smallest absolute Gasteiger partial charge is 0.230 e. The van der Waals surface area contributed by atoms with Gasteiger partial charge >= 0.3 is 0 Å². The number of hydrogen-bond donors (Lipinski definition) is 2. The van der Waals surface area contributed by atoms with E-state index in [9.17, 15) is 9.18 Å². The molecule has 2 rings (SSSR count). The number of carbonyl (C=O) groups is 1. The van der Waals surface area contributed by atoms with Gasteiger partial charge in [0.05, 0.1) is 25.4 Å². The zero-order chi connectivity index (χ0) is 14.4. The lowest BCUT2D eigenvalue weighted by molar-refractivity contribution is -0.903. The number of halogens is 1. The Morgan fingerprint density at radius 3 is 2.60 bits per heavy atom. The van der Waals surface area contributed by atoms with Crippen LogP contribution >= 0.6 is 11.8 Å². The van der Waals surface area contributed by atoms with Crippen LogP contribution in [0.3, 0.4) is 0 Å². The Balaban J connectivity index is 1.69. The van der Waals surface area contributed by atoms with Crippen LogP contribution in [0, 0.1) is 5.82 Å². The summed E-state index contributed by atoms with van der Waals surface area (Å²) in [7, 11) is 0. The summed E-state index contributed by atoms with van der Waals surface area (Å²) in [6.45, 7) is 5.66. The average molecular weight is 297 g/mol. The molecular weight excluding hydrogens is 275 g/mol.